The van der Waals surface area contributed by atoms with Gasteiger partial charge in [-0.1, -0.05) is 0 Å². The van der Waals surface area contributed by atoms with Gasteiger partial charge in [0, 0.05) is 18.8 Å². The van der Waals surface area contributed by atoms with Crippen LogP contribution in [0.1, 0.15) is 15.9 Å². The summed E-state index contributed by atoms with van der Waals surface area (Å²) in [6.07, 6.45) is 1.69. The van der Waals surface area contributed by atoms with Gasteiger partial charge in [0.25, 0.3) is 0 Å². The van der Waals surface area contributed by atoms with E-state index in [2.05, 4.69) is 5.10 Å². The van der Waals surface area contributed by atoms with Gasteiger partial charge in [-0.15, -0.1) is 0 Å². The molecule has 0 unspecified atom stereocenters. The van der Waals surface area contributed by atoms with Crippen LogP contribution in [0, 0.1) is 6.92 Å². The molecule has 0 spiro atoms. The first-order valence-corrected chi connectivity index (χ1v) is 4.91. The maximum atomic E-state index is 10.9. The molecule has 2 rings (SSSR count). The molecule has 0 atom stereocenters. The molecule has 0 bridgehead atoms. The van der Waals surface area contributed by atoms with Crippen molar-refractivity contribution in [2.45, 2.75) is 6.92 Å². The number of benzene rings is 1. The molecule has 16 heavy (non-hydrogen) atoms. The molecule has 0 saturated heterocycles. The summed E-state index contributed by atoms with van der Waals surface area (Å²) in [5, 5.41) is 13.0. The van der Waals surface area contributed by atoms with Gasteiger partial charge in [0.05, 0.1) is 11.3 Å². The maximum absolute atomic E-state index is 10.9. The Hall–Kier alpha value is -2.10. The number of hydrogen-bond donors (Lipinski definition) is 1. The predicted octanol–water partition coefficient (Wildman–Crippen LogP) is 2.09. The number of hydrogen-bond acceptors (Lipinski definition) is 2. The number of nitrogens with zero attached hydrogens (tertiary/aromatic N) is 2. The van der Waals surface area contributed by atoms with Crippen molar-refractivity contribution >= 4 is 5.97 Å². The summed E-state index contributed by atoms with van der Waals surface area (Å²) in [5.41, 5.74) is 3.01. The zero-order chi connectivity index (χ0) is 11.7. The largest absolute Gasteiger partial charge is 0.478 e. The molecule has 4 nitrogen and oxygen atoms in total. The van der Waals surface area contributed by atoms with E-state index in [1.165, 1.54) is 0 Å². The smallest absolute Gasteiger partial charge is 0.335 e. The third-order valence-electron chi connectivity index (χ3n) is 2.44. The second-order valence-electron chi connectivity index (χ2n) is 3.73. The average Bonchev–Trinajstić information content (AvgIpc) is 2.63. The molecule has 0 radical (unpaired) electrons. The Balaban J connectivity index is 2.58. The first-order valence-electron chi connectivity index (χ1n) is 4.91. The zero-order valence-electron chi connectivity index (χ0n) is 9.14. The molecular weight excluding hydrogens is 204 g/mol. The van der Waals surface area contributed by atoms with Crippen molar-refractivity contribution in [1.82, 2.24) is 9.78 Å². The molecule has 0 fully saturated rings. The van der Waals surface area contributed by atoms with Crippen LogP contribution in [0.3, 0.4) is 0 Å². The molecule has 0 aliphatic heterocycles. The van der Waals surface area contributed by atoms with Crippen LogP contribution in [0.15, 0.2) is 30.5 Å². The van der Waals surface area contributed by atoms with Crippen molar-refractivity contribution < 1.29 is 9.90 Å². The molecule has 1 heterocycles. The Bertz CT molecular complexity index is 544. The molecule has 0 aliphatic rings. The summed E-state index contributed by atoms with van der Waals surface area (Å²) >= 11 is 0. The predicted molar refractivity (Wildman–Crippen MR) is 60.3 cm³/mol. The fraction of sp³-hybridized carbons (Fsp3) is 0.167. The summed E-state index contributed by atoms with van der Waals surface area (Å²) in [5.74, 6) is -0.910. The number of carbonyl (C=O) groups is 1. The fourth-order valence-corrected chi connectivity index (χ4v) is 1.71. The Morgan fingerprint density at radius 1 is 1.38 bits per heavy atom. The van der Waals surface area contributed by atoms with Crippen LogP contribution in [0.25, 0.3) is 11.3 Å². The van der Waals surface area contributed by atoms with E-state index in [1.807, 2.05) is 26.1 Å². The summed E-state index contributed by atoms with van der Waals surface area (Å²) in [7, 11) is 1.83. The van der Waals surface area contributed by atoms with Gasteiger partial charge in [-0.25, -0.2) is 4.79 Å². The van der Waals surface area contributed by atoms with Gasteiger partial charge in [-0.3, -0.25) is 4.68 Å². The van der Waals surface area contributed by atoms with E-state index in [0.717, 1.165) is 16.8 Å². The molecular formula is C12H12N2O2. The number of aryl methyl sites for hydroxylation is 2. The van der Waals surface area contributed by atoms with E-state index in [4.69, 9.17) is 5.11 Å². The van der Waals surface area contributed by atoms with Crippen LogP contribution in [0.4, 0.5) is 0 Å². The second kappa shape index (κ2) is 3.81. The lowest BCUT2D eigenvalue weighted by Crippen LogP contribution is -1.99. The van der Waals surface area contributed by atoms with Crippen LogP contribution in [0.2, 0.25) is 0 Å². The van der Waals surface area contributed by atoms with E-state index in [-0.39, 0.29) is 0 Å². The van der Waals surface area contributed by atoms with Gasteiger partial charge in [0.1, 0.15) is 0 Å². The first-order chi connectivity index (χ1) is 7.58. The molecule has 4 heteroatoms. The van der Waals surface area contributed by atoms with E-state index < -0.39 is 5.97 Å². The van der Waals surface area contributed by atoms with Gasteiger partial charge in [0.15, 0.2) is 0 Å². The van der Waals surface area contributed by atoms with Crippen molar-refractivity contribution in [2.75, 3.05) is 0 Å². The summed E-state index contributed by atoms with van der Waals surface area (Å²) in [6.45, 7) is 1.88. The van der Waals surface area contributed by atoms with Gasteiger partial charge in [-0.2, -0.15) is 5.10 Å². The molecule has 0 saturated carbocycles. The molecule has 2 aromatic rings. The van der Waals surface area contributed by atoms with Gasteiger partial charge < -0.3 is 5.11 Å². The van der Waals surface area contributed by atoms with Crippen LogP contribution in [0.5, 0.6) is 0 Å². The topological polar surface area (TPSA) is 55.1 Å². The average molecular weight is 216 g/mol. The van der Waals surface area contributed by atoms with E-state index in [9.17, 15) is 4.79 Å². The van der Waals surface area contributed by atoms with Crippen molar-refractivity contribution in [2.24, 2.45) is 7.05 Å². The number of aromatic nitrogens is 2. The van der Waals surface area contributed by atoms with Crippen LogP contribution >= 0.6 is 0 Å². The molecule has 0 aliphatic carbocycles. The lowest BCUT2D eigenvalue weighted by molar-refractivity contribution is 0.0697. The number of rotatable bonds is 2. The Morgan fingerprint density at radius 3 is 2.69 bits per heavy atom. The third kappa shape index (κ3) is 1.82. The van der Waals surface area contributed by atoms with Crippen molar-refractivity contribution in [3.05, 3.63) is 41.6 Å². The molecule has 1 N–H and O–H groups in total. The minimum absolute atomic E-state index is 0.302. The minimum Gasteiger partial charge on any atom is -0.478 e. The Kier molecular flexibility index (Phi) is 2.48. The number of carboxylic acids is 1. The van der Waals surface area contributed by atoms with Crippen molar-refractivity contribution in [1.29, 1.82) is 0 Å². The SMILES string of the molecule is Cc1cc(C(=O)O)cc(-c2ccnn2C)c1. The Labute approximate surface area is 93.1 Å². The zero-order valence-corrected chi connectivity index (χ0v) is 9.14. The van der Waals surface area contributed by atoms with Gasteiger partial charge >= 0.3 is 5.97 Å². The summed E-state index contributed by atoms with van der Waals surface area (Å²) in [6, 6.07) is 7.12. The highest BCUT2D eigenvalue weighted by Crippen LogP contribution is 2.21. The second-order valence-corrected chi connectivity index (χ2v) is 3.73. The maximum Gasteiger partial charge on any atom is 0.335 e. The van der Waals surface area contributed by atoms with Crippen molar-refractivity contribution in [3.63, 3.8) is 0 Å². The lowest BCUT2D eigenvalue weighted by atomic mass is 10.0. The number of carboxylic acid groups (broad SMARTS) is 1. The third-order valence-corrected chi connectivity index (χ3v) is 2.44. The first kappa shape index (κ1) is 10.4. The van der Waals surface area contributed by atoms with Crippen molar-refractivity contribution in [3.8, 4) is 11.3 Å². The minimum atomic E-state index is -0.910. The molecule has 1 aromatic carbocycles. The number of aromatic carboxylic acids is 1. The highest BCUT2D eigenvalue weighted by atomic mass is 16.4. The standard InChI is InChI=1S/C12H12N2O2/c1-8-5-9(7-10(6-8)12(15)16)11-3-4-13-14(11)2/h3-7H,1-2H3,(H,15,16). The summed E-state index contributed by atoms with van der Waals surface area (Å²) in [4.78, 5) is 10.9. The van der Waals surface area contributed by atoms with Crippen LogP contribution in [-0.2, 0) is 7.05 Å². The van der Waals surface area contributed by atoms with Gasteiger partial charge in [0.2, 0.25) is 0 Å². The Morgan fingerprint density at radius 2 is 2.12 bits per heavy atom. The highest BCUT2D eigenvalue weighted by Gasteiger charge is 2.08. The normalized spacial score (nSPS) is 10.4. The van der Waals surface area contributed by atoms with Gasteiger partial charge in [-0.05, 0) is 36.8 Å². The molecule has 0 amide bonds. The quantitative estimate of drug-likeness (QED) is 0.836. The molecule has 82 valence electrons. The van der Waals surface area contributed by atoms with E-state index in [0.29, 0.717) is 5.56 Å². The van der Waals surface area contributed by atoms with E-state index >= 15 is 0 Å². The van der Waals surface area contributed by atoms with Crippen LogP contribution < -0.4 is 0 Å². The van der Waals surface area contributed by atoms with E-state index in [1.54, 1.807) is 23.0 Å². The highest BCUT2D eigenvalue weighted by molar-refractivity contribution is 5.89. The monoisotopic (exact) mass is 216 g/mol. The molecule has 1 aromatic heterocycles. The van der Waals surface area contributed by atoms with Crippen LogP contribution in [-0.4, -0.2) is 20.9 Å². The fourth-order valence-electron chi connectivity index (χ4n) is 1.71. The summed E-state index contributed by atoms with van der Waals surface area (Å²) < 4.78 is 1.72. The lowest BCUT2D eigenvalue weighted by Gasteiger charge is -2.05.